The van der Waals surface area contributed by atoms with Crippen LogP contribution in [0.5, 0.6) is 0 Å². The Morgan fingerprint density at radius 3 is 2.87 bits per heavy atom. The van der Waals surface area contributed by atoms with Crippen molar-refractivity contribution >= 4 is 32.7 Å². The summed E-state index contributed by atoms with van der Waals surface area (Å²) in [5, 5.41) is 14.6. The van der Waals surface area contributed by atoms with E-state index in [9.17, 15) is 14.3 Å². The molecule has 196 valence electrons. The average molecular weight is 534 g/mol. The second kappa shape index (κ2) is 9.17. The van der Waals surface area contributed by atoms with Crippen LogP contribution in [0.15, 0.2) is 40.9 Å². The predicted octanol–water partition coefficient (Wildman–Crippen LogP) is 6.69. The number of aromatic carboxylic acids is 1. The monoisotopic (exact) mass is 533 g/mol. The number of hydrogen-bond donors (Lipinski definition) is 1. The highest BCUT2D eigenvalue weighted by Gasteiger charge is 2.46. The number of rotatable bonds is 7. The molecule has 2 aromatic carbocycles. The zero-order valence-electron chi connectivity index (χ0n) is 21.0. The van der Waals surface area contributed by atoms with Crippen LogP contribution in [0.4, 0.5) is 9.52 Å². The van der Waals surface area contributed by atoms with Gasteiger partial charge in [-0.25, -0.2) is 14.2 Å². The third kappa shape index (κ3) is 3.99. The van der Waals surface area contributed by atoms with Crippen molar-refractivity contribution in [3.05, 3.63) is 64.7 Å². The quantitative estimate of drug-likeness (QED) is 0.283. The van der Waals surface area contributed by atoms with Crippen LogP contribution in [-0.4, -0.2) is 39.4 Å². The Labute approximate surface area is 223 Å². The summed E-state index contributed by atoms with van der Waals surface area (Å²) in [6, 6.07) is 11.2. The van der Waals surface area contributed by atoms with E-state index in [1.54, 1.807) is 0 Å². The fourth-order valence-corrected chi connectivity index (χ4v) is 7.34. The van der Waals surface area contributed by atoms with Crippen LogP contribution >= 0.6 is 11.3 Å². The number of piperidine rings is 1. The number of anilines is 1. The van der Waals surface area contributed by atoms with E-state index in [-0.39, 0.29) is 29.3 Å². The fraction of sp³-hybridized carbons (Fsp3) is 0.414. The number of nitrogens with zero attached hydrogens (tertiary/aromatic N) is 3. The molecule has 2 unspecified atom stereocenters. The molecule has 2 bridgehead atoms. The van der Waals surface area contributed by atoms with Crippen LogP contribution < -0.4 is 4.90 Å². The lowest BCUT2D eigenvalue weighted by atomic mass is 10.0. The van der Waals surface area contributed by atoms with Gasteiger partial charge < -0.3 is 19.3 Å². The summed E-state index contributed by atoms with van der Waals surface area (Å²) in [5.41, 5.74) is 4.33. The summed E-state index contributed by atoms with van der Waals surface area (Å²) in [5.74, 6) is -0.358. The number of ether oxygens (including phenoxy) is 1. The maximum absolute atomic E-state index is 14.7. The predicted molar refractivity (Wildman–Crippen MR) is 142 cm³/mol. The molecule has 0 spiro atoms. The maximum Gasteiger partial charge on any atom is 0.335 e. The molecule has 38 heavy (non-hydrogen) atoms. The molecule has 0 radical (unpaired) electrons. The van der Waals surface area contributed by atoms with E-state index in [4.69, 9.17) is 9.26 Å². The van der Waals surface area contributed by atoms with Gasteiger partial charge in [-0.3, -0.25) is 0 Å². The maximum atomic E-state index is 14.7. The molecule has 1 saturated carbocycles. The lowest BCUT2D eigenvalue weighted by Gasteiger charge is -2.35. The van der Waals surface area contributed by atoms with Gasteiger partial charge in [-0.2, -0.15) is 0 Å². The number of carboxylic acids is 1. The molecular weight excluding hydrogens is 505 g/mol. The van der Waals surface area contributed by atoms with Gasteiger partial charge in [0.15, 0.2) is 10.9 Å². The Kier molecular flexibility index (Phi) is 5.74. The first-order valence-corrected chi connectivity index (χ1v) is 14.1. The van der Waals surface area contributed by atoms with Gasteiger partial charge >= 0.3 is 5.97 Å². The minimum absolute atomic E-state index is 0.0145. The van der Waals surface area contributed by atoms with Crippen molar-refractivity contribution in [3.63, 3.8) is 0 Å². The number of carbonyl (C=O) groups is 1. The lowest BCUT2D eigenvalue weighted by molar-refractivity contribution is 0.0341. The summed E-state index contributed by atoms with van der Waals surface area (Å²) < 4.78 is 27.8. The largest absolute Gasteiger partial charge is 0.478 e. The molecule has 1 N–H and O–H groups in total. The zero-order valence-corrected chi connectivity index (χ0v) is 21.8. The summed E-state index contributed by atoms with van der Waals surface area (Å²) >= 11 is 1.36. The van der Waals surface area contributed by atoms with Gasteiger partial charge in [0.2, 0.25) is 0 Å². The number of halogens is 1. The Balaban J connectivity index is 1.17. The van der Waals surface area contributed by atoms with Crippen molar-refractivity contribution < 1.29 is 23.6 Å². The van der Waals surface area contributed by atoms with E-state index in [0.717, 1.165) is 77.9 Å². The van der Waals surface area contributed by atoms with Crippen molar-refractivity contribution in [2.75, 3.05) is 4.90 Å². The molecule has 2 saturated heterocycles. The van der Waals surface area contributed by atoms with E-state index >= 15 is 0 Å². The third-order valence-corrected chi connectivity index (χ3v) is 9.25. The molecule has 2 aliphatic heterocycles. The van der Waals surface area contributed by atoms with Gasteiger partial charge in [-0.15, -0.1) is 0 Å². The zero-order chi connectivity index (χ0) is 26.0. The van der Waals surface area contributed by atoms with E-state index in [1.807, 2.05) is 12.1 Å². The van der Waals surface area contributed by atoms with Crippen molar-refractivity contribution in [1.29, 1.82) is 0 Å². The van der Waals surface area contributed by atoms with E-state index < -0.39 is 11.8 Å². The van der Waals surface area contributed by atoms with Gasteiger partial charge in [0.05, 0.1) is 29.0 Å². The highest BCUT2D eigenvalue weighted by molar-refractivity contribution is 7.22. The molecule has 3 aliphatic rings. The van der Waals surface area contributed by atoms with Crippen molar-refractivity contribution in [2.45, 2.75) is 76.2 Å². The number of carboxylic acid groups (broad SMARTS) is 1. The standard InChI is InChI=1S/C29H28FN3O4S/c1-15-5-2-3-7-19(15)25-20(27(37-32-25)16-9-10-16)14-36-23-13-18-6-4-8-22(23)33(18)29-31-26-21(30)11-17(28(34)35)12-24(26)38-29/h2-3,5,7,11-12,16,18,22-23H,4,6,8-10,13-14H2,1H3,(H,34,35)/t18?,22-,23?/m0/s1. The van der Waals surface area contributed by atoms with E-state index in [0.29, 0.717) is 17.2 Å². The van der Waals surface area contributed by atoms with Crippen molar-refractivity contribution in [1.82, 2.24) is 10.1 Å². The number of thiazole rings is 1. The lowest BCUT2D eigenvalue weighted by Crippen LogP contribution is -2.42. The van der Waals surface area contributed by atoms with Crippen molar-refractivity contribution in [2.24, 2.45) is 0 Å². The van der Waals surface area contributed by atoms with Crippen LogP contribution in [0.1, 0.15) is 71.7 Å². The average Bonchev–Trinajstić information content (AvgIpc) is 3.45. The van der Waals surface area contributed by atoms with Crippen LogP contribution in [-0.2, 0) is 11.3 Å². The molecule has 7 nitrogen and oxygen atoms in total. The smallest absolute Gasteiger partial charge is 0.335 e. The SMILES string of the molecule is Cc1ccccc1-c1noc(C2CC2)c1COC1CC2CCC[C@@H]1N2c1nc2c(F)cc(C(=O)O)cc2s1. The Morgan fingerprint density at radius 1 is 1.24 bits per heavy atom. The summed E-state index contributed by atoms with van der Waals surface area (Å²) in [6.45, 7) is 2.53. The summed E-state index contributed by atoms with van der Waals surface area (Å²) in [7, 11) is 0. The number of hydrogen-bond acceptors (Lipinski definition) is 7. The number of benzene rings is 2. The Morgan fingerprint density at radius 2 is 2.08 bits per heavy atom. The molecule has 4 heterocycles. The fourth-order valence-electron chi connectivity index (χ4n) is 6.19. The van der Waals surface area contributed by atoms with Gasteiger partial charge in [0.1, 0.15) is 17.0 Å². The second-order valence-corrected chi connectivity index (χ2v) is 11.7. The van der Waals surface area contributed by atoms with Crippen LogP contribution in [0.2, 0.25) is 0 Å². The van der Waals surface area contributed by atoms with Crippen LogP contribution in [0, 0.1) is 12.7 Å². The topological polar surface area (TPSA) is 88.7 Å². The first-order valence-electron chi connectivity index (χ1n) is 13.3. The number of aromatic nitrogens is 2. The first kappa shape index (κ1) is 23.8. The highest BCUT2D eigenvalue weighted by atomic mass is 32.1. The van der Waals surface area contributed by atoms with Crippen LogP contribution in [0.25, 0.3) is 21.5 Å². The molecule has 3 fully saturated rings. The molecule has 4 aromatic rings. The Hall–Kier alpha value is -3.30. The summed E-state index contributed by atoms with van der Waals surface area (Å²) in [6.07, 6.45) is 6.26. The second-order valence-electron chi connectivity index (χ2n) is 10.7. The number of fused-ring (bicyclic) bond motifs is 3. The summed E-state index contributed by atoms with van der Waals surface area (Å²) in [4.78, 5) is 18.3. The molecule has 0 amide bonds. The molecular formula is C29H28FN3O4S. The molecule has 2 aromatic heterocycles. The first-order chi connectivity index (χ1) is 18.5. The minimum Gasteiger partial charge on any atom is -0.478 e. The van der Waals surface area contributed by atoms with E-state index in [2.05, 4.69) is 34.1 Å². The van der Waals surface area contributed by atoms with E-state index in [1.165, 1.54) is 17.4 Å². The van der Waals surface area contributed by atoms with Gasteiger partial charge in [0.25, 0.3) is 0 Å². The van der Waals surface area contributed by atoms with Gasteiger partial charge in [-0.1, -0.05) is 40.8 Å². The van der Waals surface area contributed by atoms with Gasteiger partial charge in [-0.05, 0) is 63.1 Å². The normalized spacial score (nSPS) is 22.9. The van der Waals surface area contributed by atoms with Gasteiger partial charge in [0, 0.05) is 23.1 Å². The highest BCUT2D eigenvalue weighted by Crippen LogP contribution is 2.46. The molecule has 9 heteroatoms. The van der Waals surface area contributed by atoms with Crippen LogP contribution in [0.3, 0.4) is 0 Å². The molecule has 7 rings (SSSR count). The third-order valence-electron chi connectivity index (χ3n) is 8.24. The minimum atomic E-state index is -1.14. The Bertz CT molecular complexity index is 1540. The molecule has 3 atom stereocenters. The number of aryl methyl sites for hydroxylation is 1. The molecule has 1 aliphatic carbocycles. The van der Waals surface area contributed by atoms with Crippen molar-refractivity contribution in [3.8, 4) is 11.3 Å².